The van der Waals surface area contributed by atoms with Gasteiger partial charge in [0, 0.05) is 29.6 Å². The lowest BCUT2D eigenvalue weighted by Gasteiger charge is -2.27. The van der Waals surface area contributed by atoms with Gasteiger partial charge in [0.15, 0.2) is 0 Å². The zero-order chi connectivity index (χ0) is 17.3. The predicted octanol–water partition coefficient (Wildman–Crippen LogP) is 2.63. The zero-order valence-corrected chi connectivity index (χ0v) is 15.3. The van der Waals surface area contributed by atoms with Crippen LogP contribution in [0.15, 0.2) is 40.6 Å². The summed E-state index contributed by atoms with van der Waals surface area (Å²) in [6, 6.07) is 8.09. The summed E-state index contributed by atoms with van der Waals surface area (Å²) in [5.41, 5.74) is 1.59. The van der Waals surface area contributed by atoms with Crippen LogP contribution in [0.2, 0.25) is 0 Å². The number of sulfonamides is 1. The number of rotatable bonds is 4. The van der Waals surface area contributed by atoms with E-state index in [1.807, 2.05) is 11.4 Å². The van der Waals surface area contributed by atoms with Gasteiger partial charge in [-0.1, -0.05) is 6.07 Å². The second-order valence-corrected chi connectivity index (χ2v) is 8.86. The summed E-state index contributed by atoms with van der Waals surface area (Å²) < 4.78 is 27.1. The number of carbonyl (C=O) groups excluding carboxylic acids is 1. The Bertz CT molecular complexity index is 856. The standard InChI is InChI=1S/C17H20N2O3S2/c1-12(2)18-24(21,22)15-5-3-4-13(10-15)17(20)19-8-6-16-14(11-19)7-9-23-16/h3-5,7,9-10,12,18H,6,8,11H2,1-2H3. The molecule has 0 aliphatic carbocycles. The largest absolute Gasteiger partial charge is 0.334 e. The van der Waals surface area contributed by atoms with Crippen LogP contribution in [-0.2, 0) is 23.0 Å². The molecule has 1 amide bonds. The first-order valence-corrected chi connectivity index (χ1v) is 10.2. The van der Waals surface area contributed by atoms with Gasteiger partial charge in [0.25, 0.3) is 5.91 Å². The van der Waals surface area contributed by atoms with E-state index < -0.39 is 10.0 Å². The third kappa shape index (κ3) is 3.53. The van der Waals surface area contributed by atoms with Crippen LogP contribution >= 0.6 is 11.3 Å². The highest BCUT2D eigenvalue weighted by atomic mass is 32.2. The van der Waals surface area contributed by atoms with E-state index in [0.717, 1.165) is 6.42 Å². The molecule has 0 saturated heterocycles. The maximum absolute atomic E-state index is 12.7. The molecule has 2 heterocycles. The van der Waals surface area contributed by atoms with Crippen LogP contribution < -0.4 is 4.72 Å². The molecule has 7 heteroatoms. The number of fused-ring (bicyclic) bond motifs is 1. The van der Waals surface area contributed by atoms with E-state index >= 15 is 0 Å². The lowest BCUT2D eigenvalue weighted by atomic mass is 10.1. The number of benzene rings is 1. The van der Waals surface area contributed by atoms with E-state index in [1.165, 1.54) is 22.6 Å². The highest BCUT2D eigenvalue weighted by Crippen LogP contribution is 2.25. The first-order chi connectivity index (χ1) is 11.4. The summed E-state index contributed by atoms with van der Waals surface area (Å²) in [6.07, 6.45) is 0.853. The Balaban J connectivity index is 1.83. The number of carbonyl (C=O) groups is 1. The monoisotopic (exact) mass is 364 g/mol. The first kappa shape index (κ1) is 17.1. The minimum Gasteiger partial charge on any atom is -0.334 e. The van der Waals surface area contributed by atoms with Gasteiger partial charge in [-0.15, -0.1) is 11.3 Å². The summed E-state index contributed by atoms with van der Waals surface area (Å²) in [7, 11) is -3.61. The van der Waals surface area contributed by atoms with Crippen LogP contribution in [-0.4, -0.2) is 31.8 Å². The van der Waals surface area contributed by atoms with Crippen LogP contribution in [0.4, 0.5) is 0 Å². The van der Waals surface area contributed by atoms with Crippen LogP contribution in [0.1, 0.15) is 34.6 Å². The van der Waals surface area contributed by atoms with Gasteiger partial charge in [0.1, 0.15) is 0 Å². The topological polar surface area (TPSA) is 66.5 Å². The van der Waals surface area contributed by atoms with Gasteiger partial charge in [0.2, 0.25) is 10.0 Å². The minimum atomic E-state index is -3.61. The van der Waals surface area contributed by atoms with Crippen LogP contribution in [0.5, 0.6) is 0 Å². The molecule has 5 nitrogen and oxygen atoms in total. The molecule has 1 N–H and O–H groups in total. The molecule has 1 aromatic carbocycles. The Hall–Kier alpha value is -1.70. The van der Waals surface area contributed by atoms with Crippen LogP contribution in [0.25, 0.3) is 0 Å². The molecule has 24 heavy (non-hydrogen) atoms. The summed E-state index contributed by atoms with van der Waals surface area (Å²) in [6.45, 7) is 4.77. The van der Waals surface area contributed by atoms with E-state index in [0.29, 0.717) is 18.7 Å². The van der Waals surface area contributed by atoms with Crippen molar-refractivity contribution in [3.05, 3.63) is 51.7 Å². The van der Waals surface area contributed by atoms with Crippen LogP contribution in [0.3, 0.4) is 0 Å². The van der Waals surface area contributed by atoms with Crippen molar-refractivity contribution in [2.75, 3.05) is 6.54 Å². The SMILES string of the molecule is CC(C)NS(=O)(=O)c1cccc(C(=O)N2CCc3sccc3C2)c1. The minimum absolute atomic E-state index is 0.121. The van der Waals surface area contributed by atoms with E-state index in [1.54, 1.807) is 42.2 Å². The second kappa shape index (κ2) is 6.66. The summed E-state index contributed by atoms with van der Waals surface area (Å²) in [4.78, 5) is 16.0. The maximum Gasteiger partial charge on any atom is 0.254 e. The molecule has 0 atom stereocenters. The van der Waals surface area contributed by atoms with Gasteiger partial charge in [-0.2, -0.15) is 0 Å². The molecule has 1 aromatic heterocycles. The Morgan fingerprint density at radius 1 is 1.29 bits per heavy atom. The van der Waals surface area contributed by atoms with Gasteiger partial charge in [-0.25, -0.2) is 13.1 Å². The molecule has 0 bridgehead atoms. The molecule has 0 saturated carbocycles. The lowest BCUT2D eigenvalue weighted by Crippen LogP contribution is -2.35. The summed E-state index contributed by atoms with van der Waals surface area (Å²) in [5, 5.41) is 2.05. The second-order valence-electron chi connectivity index (χ2n) is 6.15. The third-order valence-electron chi connectivity index (χ3n) is 3.88. The Kier molecular flexibility index (Phi) is 4.76. The molecule has 0 unspecified atom stereocenters. The molecular formula is C17H20N2O3S2. The fourth-order valence-corrected chi connectivity index (χ4v) is 4.97. The van der Waals surface area contributed by atoms with E-state index in [-0.39, 0.29) is 16.8 Å². The van der Waals surface area contributed by atoms with Crippen molar-refractivity contribution >= 4 is 27.3 Å². The van der Waals surface area contributed by atoms with Gasteiger partial charge in [0.05, 0.1) is 4.90 Å². The van der Waals surface area contributed by atoms with E-state index in [9.17, 15) is 13.2 Å². The van der Waals surface area contributed by atoms with E-state index in [2.05, 4.69) is 4.72 Å². The highest BCUT2D eigenvalue weighted by Gasteiger charge is 2.24. The number of hydrogen-bond donors (Lipinski definition) is 1. The smallest absolute Gasteiger partial charge is 0.254 e. The Morgan fingerprint density at radius 3 is 2.83 bits per heavy atom. The Labute approximate surface area is 146 Å². The van der Waals surface area contributed by atoms with Gasteiger partial charge < -0.3 is 4.90 Å². The summed E-state index contributed by atoms with van der Waals surface area (Å²) >= 11 is 1.72. The van der Waals surface area contributed by atoms with Crippen LogP contribution in [0, 0.1) is 0 Å². The predicted molar refractivity (Wildman–Crippen MR) is 94.7 cm³/mol. The van der Waals surface area contributed by atoms with Crippen molar-refractivity contribution in [1.82, 2.24) is 9.62 Å². The number of amides is 1. The molecule has 3 rings (SSSR count). The van der Waals surface area contributed by atoms with Crippen molar-refractivity contribution in [1.29, 1.82) is 0 Å². The number of nitrogens with zero attached hydrogens (tertiary/aromatic N) is 1. The zero-order valence-electron chi connectivity index (χ0n) is 13.7. The van der Waals surface area contributed by atoms with Crippen molar-refractivity contribution in [2.45, 2.75) is 37.8 Å². The number of nitrogens with one attached hydrogen (secondary N) is 1. The lowest BCUT2D eigenvalue weighted by molar-refractivity contribution is 0.0735. The highest BCUT2D eigenvalue weighted by molar-refractivity contribution is 7.89. The van der Waals surface area contributed by atoms with Crippen molar-refractivity contribution in [3.63, 3.8) is 0 Å². The van der Waals surface area contributed by atoms with Crippen molar-refractivity contribution in [2.24, 2.45) is 0 Å². The fourth-order valence-electron chi connectivity index (χ4n) is 2.78. The third-order valence-corrected chi connectivity index (χ3v) is 6.56. The van der Waals surface area contributed by atoms with E-state index in [4.69, 9.17) is 0 Å². The molecule has 0 fully saturated rings. The normalized spacial score (nSPS) is 14.7. The fraction of sp³-hybridized carbons (Fsp3) is 0.353. The molecule has 0 spiro atoms. The first-order valence-electron chi connectivity index (χ1n) is 7.84. The van der Waals surface area contributed by atoms with Gasteiger partial charge in [-0.05, 0) is 55.5 Å². The Morgan fingerprint density at radius 2 is 2.08 bits per heavy atom. The quantitative estimate of drug-likeness (QED) is 0.907. The average molecular weight is 364 g/mol. The maximum atomic E-state index is 12.7. The number of thiophene rings is 1. The van der Waals surface area contributed by atoms with Gasteiger partial charge >= 0.3 is 0 Å². The van der Waals surface area contributed by atoms with Crippen molar-refractivity contribution in [3.8, 4) is 0 Å². The molecular weight excluding hydrogens is 344 g/mol. The van der Waals surface area contributed by atoms with Crippen molar-refractivity contribution < 1.29 is 13.2 Å². The van der Waals surface area contributed by atoms with Gasteiger partial charge in [-0.3, -0.25) is 4.79 Å². The summed E-state index contributed by atoms with van der Waals surface area (Å²) in [5.74, 6) is -0.131. The molecule has 0 radical (unpaired) electrons. The molecule has 128 valence electrons. The molecule has 1 aliphatic rings. The molecule has 2 aromatic rings. The average Bonchev–Trinajstić information content (AvgIpc) is 3.00. The molecule has 1 aliphatic heterocycles. The number of hydrogen-bond acceptors (Lipinski definition) is 4.